The van der Waals surface area contributed by atoms with E-state index in [9.17, 15) is 0 Å². The highest BCUT2D eigenvalue weighted by atomic mass is 16.5. The molecule has 1 saturated carbocycles. The molecule has 1 heterocycles. The van der Waals surface area contributed by atoms with Crippen LogP contribution in [0.1, 0.15) is 19.8 Å². The molecule has 0 bridgehead atoms. The molecule has 2 N–H and O–H groups in total. The summed E-state index contributed by atoms with van der Waals surface area (Å²) in [5.41, 5.74) is 0. The summed E-state index contributed by atoms with van der Waals surface area (Å²) in [5, 5.41) is 6.60. The minimum absolute atomic E-state index is 0.754. The lowest BCUT2D eigenvalue weighted by Gasteiger charge is -2.25. The zero-order valence-corrected chi connectivity index (χ0v) is 13.3. The molecule has 0 atom stereocenters. The Kier molecular flexibility index (Phi) is 7.85. The Labute approximate surface area is 128 Å². The van der Waals surface area contributed by atoms with Gasteiger partial charge in [-0.15, -0.1) is 0 Å². The zero-order valence-electron chi connectivity index (χ0n) is 13.3. The molecular weight excluding hydrogens is 268 g/mol. The van der Waals surface area contributed by atoms with Gasteiger partial charge in [-0.3, -0.25) is 9.89 Å². The van der Waals surface area contributed by atoms with E-state index in [0.29, 0.717) is 0 Å². The lowest BCUT2D eigenvalue weighted by atomic mass is 10.4. The van der Waals surface area contributed by atoms with Gasteiger partial charge in [0.05, 0.1) is 26.4 Å². The van der Waals surface area contributed by atoms with Crippen molar-refractivity contribution < 1.29 is 9.47 Å². The molecule has 2 aliphatic rings. The first-order chi connectivity index (χ1) is 10.4. The van der Waals surface area contributed by atoms with Crippen molar-refractivity contribution in [1.82, 2.24) is 15.5 Å². The summed E-state index contributed by atoms with van der Waals surface area (Å²) in [4.78, 5) is 7.01. The van der Waals surface area contributed by atoms with Crippen LogP contribution in [-0.4, -0.2) is 76.6 Å². The van der Waals surface area contributed by atoms with Crippen molar-refractivity contribution in [2.24, 2.45) is 10.9 Å². The number of nitrogens with zero attached hydrogens (tertiary/aromatic N) is 2. The van der Waals surface area contributed by atoms with E-state index >= 15 is 0 Å². The van der Waals surface area contributed by atoms with Crippen LogP contribution in [0.2, 0.25) is 0 Å². The van der Waals surface area contributed by atoms with Crippen molar-refractivity contribution in [3.63, 3.8) is 0 Å². The number of hydrogen-bond donors (Lipinski definition) is 2. The molecule has 6 nitrogen and oxygen atoms in total. The van der Waals surface area contributed by atoms with Gasteiger partial charge in [0, 0.05) is 39.3 Å². The topological polar surface area (TPSA) is 58.1 Å². The number of rotatable bonds is 9. The summed E-state index contributed by atoms with van der Waals surface area (Å²) >= 11 is 0. The molecule has 1 saturated heterocycles. The summed E-state index contributed by atoms with van der Waals surface area (Å²) in [6.07, 6.45) is 2.69. The summed E-state index contributed by atoms with van der Waals surface area (Å²) in [7, 11) is 0. The summed E-state index contributed by atoms with van der Waals surface area (Å²) in [6.45, 7) is 11.0. The van der Waals surface area contributed by atoms with E-state index < -0.39 is 0 Å². The fraction of sp³-hybridized carbons (Fsp3) is 0.933. The Balaban J connectivity index is 1.55. The van der Waals surface area contributed by atoms with Crippen LogP contribution in [0.5, 0.6) is 0 Å². The van der Waals surface area contributed by atoms with E-state index in [1.165, 1.54) is 12.8 Å². The van der Waals surface area contributed by atoms with Gasteiger partial charge < -0.3 is 20.1 Å². The Bertz CT molecular complexity index is 302. The molecule has 2 rings (SSSR count). The highest BCUT2D eigenvalue weighted by molar-refractivity contribution is 5.79. The Hall–Kier alpha value is -0.850. The smallest absolute Gasteiger partial charge is 0.191 e. The van der Waals surface area contributed by atoms with Crippen molar-refractivity contribution >= 4 is 5.96 Å². The van der Waals surface area contributed by atoms with Gasteiger partial charge in [0.15, 0.2) is 5.96 Å². The van der Waals surface area contributed by atoms with Gasteiger partial charge >= 0.3 is 0 Å². The van der Waals surface area contributed by atoms with Crippen LogP contribution in [0.15, 0.2) is 4.99 Å². The number of nitrogens with one attached hydrogen (secondary N) is 2. The van der Waals surface area contributed by atoms with Crippen LogP contribution in [0.3, 0.4) is 0 Å². The maximum Gasteiger partial charge on any atom is 0.191 e. The van der Waals surface area contributed by atoms with Gasteiger partial charge in [-0.25, -0.2) is 0 Å². The predicted molar refractivity (Wildman–Crippen MR) is 84.8 cm³/mol. The SMILES string of the molecule is CCNC(=NCCN1CCOCC1)NCCOCC1CC1. The van der Waals surface area contributed by atoms with Crippen LogP contribution < -0.4 is 10.6 Å². The van der Waals surface area contributed by atoms with Gasteiger partial charge in [0.1, 0.15) is 0 Å². The second-order valence-corrected chi connectivity index (χ2v) is 5.66. The van der Waals surface area contributed by atoms with Crippen molar-refractivity contribution in [3.05, 3.63) is 0 Å². The van der Waals surface area contributed by atoms with Gasteiger partial charge in [0.2, 0.25) is 0 Å². The number of morpholine rings is 1. The molecule has 0 radical (unpaired) electrons. The highest BCUT2D eigenvalue weighted by Crippen LogP contribution is 2.28. The van der Waals surface area contributed by atoms with E-state index in [-0.39, 0.29) is 0 Å². The molecule has 122 valence electrons. The third kappa shape index (κ3) is 7.64. The third-order valence-corrected chi connectivity index (χ3v) is 3.72. The first-order valence-electron chi connectivity index (χ1n) is 8.28. The molecule has 2 fully saturated rings. The van der Waals surface area contributed by atoms with Gasteiger partial charge in [-0.05, 0) is 25.7 Å². The lowest BCUT2D eigenvalue weighted by molar-refractivity contribution is 0.0394. The van der Waals surface area contributed by atoms with Crippen LogP contribution in [-0.2, 0) is 9.47 Å². The maximum absolute atomic E-state index is 5.62. The molecule has 0 spiro atoms. The van der Waals surface area contributed by atoms with Crippen LogP contribution in [0.25, 0.3) is 0 Å². The zero-order chi connectivity index (χ0) is 14.8. The lowest BCUT2D eigenvalue weighted by Crippen LogP contribution is -2.41. The third-order valence-electron chi connectivity index (χ3n) is 3.72. The normalized spacial score (nSPS) is 20.5. The number of aliphatic imine (C=N–C) groups is 1. The molecule has 1 aliphatic heterocycles. The average molecular weight is 298 g/mol. The molecule has 0 amide bonds. The Morgan fingerprint density at radius 2 is 2.10 bits per heavy atom. The molecule has 21 heavy (non-hydrogen) atoms. The second kappa shape index (κ2) is 9.97. The van der Waals surface area contributed by atoms with Crippen molar-refractivity contribution in [1.29, 1.82) is 0 Å². The second-order valence-electron chi connectivity index (χ2n) is 5.66. The molecular formula is C15H30N4O2. The van der Waals surface area contributed by atoms with Crippen molar-refractivity contribution in [2.75, 3.05) is 65.7 Å². The first-order valence-corrected chi connectivity index (χ1v) is 8.28. The van der Waals surface area contributed by atoms with E-state index in [4.69, 9.17) is 9.47 Å². The standard InChI is InChI=1S/C15H30N4O2/c1-2-16-15(18-6-10-21-13-14-3-4-14)17-5-7-19-8-11-20-12-9-19/h14H,2-13H2,1H3,(H2,16,17,18). The molecule has 0 unspecified atom stereocenters. The van der Waals surface area contributed by atoms with Crippen LogP contribution in [0.4, 0.5) is 0 Å². The fourth-order valence-corrected chi connectivity index (χ4v) is 2.25. The molecule has 0 aromatic carbocycles. The maximum atomic E-state index is 5.62. The molecule has 1 aliphatic carbocycles. The van der Waals surface area contributed by atoms with E-state index in [1.54, 1.807) is 0 Å². The number of guanidine groups is 1. The number of hydrogen-bond acceptors (Lipinski definition) is 4. The van der Waals surface area contributed by atoms with Gasteiger partial charge in [-0.2, -0.15) is 0 Å². The largest absolute Gasteiger partial charge is 0.379 e. The van der Waals surface area contributed by atoms with Crippen molar-refractivity contribution in [2.45, 2.75) is 19.8 Å². The summed E-state index contributed by atoms with van der Waals surface area (Å²) in [5.74, 6) is 1.72. The predicted octanol–water partition coefficient (Wildman–Crippen LogP) is 0.300. The van der Waals surface area contributed by atoms with Gasteiger partial charge in [0.25, 0.3) is 0 Å². The Morgan fingerprint density at radius 3 is 2.81 bits per heavy atom. The minimum atomic E-state index is 0.754. The van der Waals surface area contributed by atoms with E-state index in [0.717, 1.165) is 77.6 Å². The summed E-state index contributed by atoms with van der Waals surface area (Å²) in [6, 6.07) is 0. The Morgan fingerprint density at radius 1 is 1.29 bits per heavy atom. The molecule has 0 aromatic rings. The van der Waals surface area contributed by atoms with E-state index in [1.807, 2.05) is 0 Å². The first kappa shape index (κ1) is 16.5. The van der Waals surface area contributed by atoms with Crippen molar-refractivity contribution in [3.8, 4) is 0 Å². The highest BCUT2D eigenvalue weighted by Gasteiger charge is 2.20. The average Bonchev–Trinajstić information content (AvgIpc) is 3.32. The van der Waals surface area contributed by atoms with Crippen LogP contribution in [0, 0.1) is 5.92 Å². The monoisotopic (exact) mass is 298 g/mol. The molecule has 6 heteroatoms. The quantitative estimate of drug-likeness (QED) is 0.364. The fourth-order valence-electron chi connectivity index (χ4n) is 2.25. The van der Waals surface area contributed by atoms with E-state index in [2.05, 4.69) is 27.4 Å². The number of ether oxygens (including phenoxy) is 2. The minimum Gasteiger partial charge on any atom is -0.379 e. The molecule has 0 aromatic heterocycles. The van der Waals surface area contributed by atoms with Gasteiger partial charge in [-0.1, -0.05) is 0 Å². The van der Waals surface area contributed by atoms with Crippen LogP contribution >= 0.6 is 0 Å². The summed E-state index contributed by atoms with van der Waals surface area (Å²) < 4.78 is 11.0.